The molecule has 1 aromatic heterocycles. The number of nitrogens with zero attached hydrogens (tertiary/aromatic N) is 1. The van der Waals surface area contributed by atoms with Crippen molar-refractivity contribution in [2.75, 3.05) is 0 Å². The first-order valence-corrected chi connectivity index (χ1v) is 8.87. The van der Waals surface area contributed by atoms with Gasteiger partial charge in [-0.3, -0.25) is 4.98 Å². The lowest BCUT2D eigenvalue weighted by atomic mass is 9.99. The van der Waals surface area contributed by atoms with Crippen molar-refractivity contribution in [1.29, 1.82) is 0 Å². The summed E-state index contributed by atoms with van der Waals surface area (Å²) in [6.07, 6.45) is 6.78. The van der Waals surface area contributed by atoms with Crippen LogP contribution in [-0.4, -0.2) is 10.1 Å². The molecule has 1 N–H and O–H groups in total. The summed E-state index contributed by atoms with van der Waals surface area (Å²) >= 11 is 0. The number of aliphatic hydroxyl groups is 1. The molecule has 0 aliphatic carbocycles. The van der Waals surface area contributed by atoms with Crippen molar-refractivity contribution in [3.63, 3.8) is 0 Å². The molecule has 0 bridgehead atoms. The van der Waals surface area contributed by atoms with Crippen molar-refractivity contribution < 1.29 is 5.11 Å². The molecule has 0 aliphatic rings. The number of rotatable bonds is 7. The van der Waals surface area contributed by atoms with Gasteiger partial charge in [-0.05, 0) is 41.7 Å². The monoisotopic (exact) mass is 319 g/mol. The Hall–Kier alpha value is -2.19. The summed E-state index contributed by atoms with van der Waals surface area (Å²) in [6, 6.07) is 18.7. The molecule has 2 aromatic carbocycles. The fourth-order valence-corrected chi connectivity index (χ4v) is 3.06. The maximum Gasteiger partial charge on any atom is 0.0790 e. The maximum absolute atomic E-state index is 10.2. The molecule has 3 rings (SSSR count). The van der Waals surface area contributed by atoms with E-state index in [9.17, 15) is 5.11 Å². The van der Waals surface area contributed by atoms with E-state index < -0.39 is 0 Å². The van der Waals surface area contributed by atoms with Gasteiger partial charge in [-0.25, -0.2) is 0 Å². The minimum Gasteiger partial charge on any atom is -0.388 e. The molecule has 0 radical (unpaired) electrons. The van der Waals surface area contributed by atoms with Gasteiger partial charge in [0.15, 0.2) is 0 Å². The van der Waals surface area contributed by atoms with Gasteiger partial charge in [-0.15, -0.1) is 0 Å². The van der Waals surface area contributed by atoms with E-state index in [0.29, 0.717) is 0 Å². The number of pyridine rings is 1. The predicted octanol–water partition coefficient (Wildman–Crippen LogP) is 5.44. The highest BCUT2D eigenvalue weighted by molar-refractivity contribution is 5.78. The van der Waals surface area contributed by atoms with E-state index in [1.165, 1.54) is 29.4 Å². The highest BCUT2D eigenvalue weighted by atomic mass is 16.3. The van der Waals surface area contributed by atoms with E-state index in [0.717, 1.165) is 30.3 Å². The van der Waals surface area contributed by atoms with Crippen LogP contribution in [0.3, 0.4) is 0 Å². The van der Waals surface area contributed by atoms with E-state index in [1.807, 2.05) is 24.4 Å². The lowest BCUT2D eigenvalue weighted by molar-refractivity contribution is 0.163. The zero-order valence-electron chi connectivity index (χ0n) is 14.3. The van der Waals surface area contributed by atoms with E-state index in [2.05, 4.69) is 48.3 Å². The van der Waals surface area contributed by atoms with Gasteiger partial charge in [0.2, 0.25) is 0 Å². The Labute approximate surface area is 144 Å². The Kier molecular flexibility index (Phi) is 5.60. The second-order valence-electron chi connectivity index (χ2n) is 6.47. The number of fused-ring (bicyclic) bond motifs is 1. The van der Waals surface area contributed by atoms with Gasteiger partial charge in [-0.2, -0.15) is 0 Å². The summed E-state index contributed by atoms with van der Waals surface area (Å²) in [7, 11) is 0. The molecule has 0 spiro atoms. The van der Waals surface area contributed by atoms with Crippen LogP contribution in [0.4, 0.5) is 0 Å². The lowest BCUT2D eigenvalue weighted by Crippen LogP contribution is -1.98. The first-order valence-electron chi connectivity index (χ1n) is 8.87. The van der Waals surface area contributed by atoms with Crippen molar-refractivity contribution in [3.8, 4) is 0 Å². The minimum absolute atomic E-state index is 0.340. The van der Waals surface area contributed by atoms with Gasteiger partial charge >= 0.3 is 0 Å². The Balaban J connectivity index is 1.66. The van der Waals surface area contributed by atoms with Gasteiger partial charge in [0.05, 0.1) is 11.6 Å². The predicted molar refractivity (Wildman–Crippen MR) is 100 cm³/mol. The number of aliphatic hydroxyl groups excluding tert-OH is 1. The average Bonchev–Trinajstić information content (AvgIpc) is 2.62. The summed E-state index contributed by atoms with van der Waals surface area (Å²) in [6.45, 7) is 2.18. The van der Waals surface area contributed by atoms with Crippen LogP contribution >= 0.6 is 0 Å². The topological polar surface area (TPSA) is 33.1 Å². The van der Waals surface area contributed by atoms with Gasteiger partial charge in [0.1, 0.15) is 0 Å². The molecule has 3 aromatic rings. The zero-order valence-corrected chi connectivity index (χ0v) is 14.3. The van der Waals surface area contributed by atoms with Crippen molar-refractivity contribution in [2.45, 2.75) is 45.1 Å². The van der Waals surface area contributed by atoms with Crippen LogP contribution in [-0.2, 0) is 6.42 Å². The van der Waals surface area contributed by atoms with Crippen LogP contribution < -0.4 is 0 Å². The molecule has 0 saturated heterocycles. The fraction of sp³-hybridized carbons (Fsp3) is 0.318. The van der Waals surface area contributed by atoms with Crippen molar-refractivity contribution in [2.24, 2.45) is 0 Å². The number of unbranched alkanes of at least 4 members (excludes halogenated alkanes) is 2. The van der Waals surface area contributed by atoms with Gasteiger partial charge in [-0.1, -0.05) is 68.7 Å². The van der Waals surface area contributed by atoms with Crippen LogP contribution in [0, 0.1) is 0 Å². The molecule has 0 aliphatic heterocycles. The molecule has 124 valence electrons. The normalized spacial score (nSPS) is 12.4. The molecule has 0 amide bonds. The summed E-state index contributed by atoms with van der Waals surface area (Å²) in [5.41, 5.74) is 4.51. The Morgan fingerprint density at radius 2 is 1.75 bits per heavy atom. The Bertz CT molecular complexity index is 779. The standard InChI is InChI=1S/C22H25NO/c1-2-3-4-9-22(24)19-12-10-17(11-13-19)14-18-15-20-7-5-6-8-21(20)23-16-18/h5-8,10-13,15-16,22,24H,2-4,9,14H2,1H3. The number of para-hydroxylation sites is 1. The Morgan fingerprint density at radius 1 is 0.958 bits per heavy atom. The first kappa shape index (κ1) is 16.7. The second-order valence-corrected chi connectivity index (χ2v) is 6.47. The molecular weight excluding hydrogens is 294 g/mol. The summed E-state index contributed by atoms with van der Waals surface area (Å²) in [5, 5.41) is 11.4. The number of hydrogen-bond acceptors (Lipinski definition) is 2. The summed E-state index contributed by atoms with van der Waals surface area (Å²) in [5.74, 6) is 0. The van der Waals surface area contributed by atoms with E-state index in [-0.39, 0.29) is 6.10 Å². The van der Waals surface area contributed by atoms with E-state index in [1.54, 1.807) is 0 Å². The molecule has 2 nitrogen and oxygen atoms in total. The highest BCUT2D eigenvalue weighted by Gasteiger charge is 2.07. The van der Waals surface area contributed by atoms with Crippen molar-refractivity contribution in [3.05, 3.63) is 77.5 Å². The van der Waals surface area contributed by atoms with Crippen LogP contribution in [0.25, 0.3) is 10.9 Å². The third-order valence-electron chi connectivity index (χ3n) is 4.50. The fourth-order valence-electron chi connectivity index (χ4n) is 3.06. The quantitative estimate of drug-likeness (QED) is 0.588. The number of hydrogen-bond donors (Lipinski definition) is 1. The van der Waals surface area contributed by atoms with Crippen molar-refractivity contribution >= 4 is 10.9 Å². The molecule has 0 fully saturated rings. The largest absolute Gasteiger partial charge is 0.388 e. The van der Waals surface area contributed by atoms with Crippen LogP contribution in [0.5, 0.6) is 0 Å². The molecule has 2 heteroatoms. The number of benzene rings is 2. The Morgan fingerprint density at radius 3 is 2.54 bits per heavy atom. The van der Waals surface area contributed by atoms with E-state index >= 15 is 0 Å². The summed E-state index contributed by atoms with van der Waals surface area (Å²) in [4.78, 5) is 4.52. The highest BCUT2D eigenvalue weighted by Crippen LogP contribution is 2.21. The SMILES string of the molecule is CCCCCC(O)c1ccc(Cc2cnc3ccccc3c2)cc1. The molecule has 0 saturated carbocycles. The molecule has 1 atom stereocenters. The lowest BCUT2D eigenvalue weighted by Gasteiger charge is -2.11. The summed E-state index contributed by atoms with van der Waals surface area (Å²) < 4.78 is 0. The smallest absolute Gasteiger partial charge is 0.0790 e. The second kappa shape index (κ2) is 8.07. The van der Waals surface area contributed by atoms with Crippen molar-refractivity contribution in [1.82, 2.24) is 4.98 Å². The van der Waals surface area contributed by atoms with Crippen LogP contribution in [0.2, 0.25) is 0 Å². The van der Waals surface area contributed by atoms with E-state index in [4.69, 9.17) is 0 Å². The molecular formula is C22H25NO. The van der Waals surface area contributed by atoms with Gasteiger partial charge in [0, 0.05) is 11.6 Å². The van der Waals surface area contributed by atoms with Gasteiger partial charge < -0.3 is 5.11 Å². The van der Waals surface area contributed by atoms with Crippen LogP contribution in [0.1, 0.15) is 55.4 Å². The maximum atomic E-state index is 10.2. The molecule has 24 heavy (non-hydrogen) atoms. The third kappa shape index (κ3) is 4.21. The number of aromatic nitrogens is 1. The minimum atomic E-state index is -0.340. The third-order valence-corrected chi connectivity index (χ3v) is 4.50. The first-order chi connectivity index (χ1) is 11.8. The van der Waals surface area contributed by atoms with Crippen LogP contribution in [0.15, 0.2) is 60.8 Å². The zero-order chi connectivity index (χ0) is 16.8. The molecule has 1 heterocycles. The molecule has 1 unspecified atom stereocenters. The average molecular weight is 319 g/mol. The van der Waals surface area contributed by atoms with Gasteiger partial charge in [0.25, 0.3) is 0 Å².